The highest BCUT2D eigenvalue weighted by atomic mass is 16.1. The third kappa shape index (κ3) is 2.89. The normalized spacial score (nSPS) is 19.1. The highest BCUT2D eigenvalue weighted by Gasteiger charge is 2.18. The molecule has 0 saturated heterocycles. The first-order valence-electron chi connectivity index (χ1n) is 6.25. The van der Waals surface area contributed by atoms with Crippen molar-refractivity contribution >= 4 is 5.78 Å². The molecule has 0 aromatic heterocycles. The Morgan fingerprint density at radius 3 is 2.71 bits per heavy atom. The molecule has 0 aromatic carbocycles. The van der Waals surface area contributed by atoms with Crippen LogP contribution in [0, 0.1) is 24.2 Å². The highest BCUT2D eigenvalue weighted by molar-refractivity contribution is 6.09. The molecule has 2 aliphatic carbocycles. The van der Waals surface area contributed by atoms with Gasteiger partial charge in [0.05, 0.1) is 0 Å². The van der Waals surface area contributed by atoms with Crippen LogP contribution >= 0.6 is 0 Å². The van der Waals surface area contributed by atoms with E-state index in [1.54, 1.807) is 0 Å². The van der Waals surface area contributed by atoms with Gasteiger partial charge >= 0.3 is 0 Å². The van der Waals surface area contributed by atoms with Gasteiger partial charge in [0.25, 0.3) is 0 Å². The molecule has 0 amide bonds. The zero-order valence-corrected chi connectivity index (χ0v) is 10.0. The van der Waals surface area contributed by atoms with E-state index < -0.39 is 0 Å². The van der Waals surface area contributed by atoms with Crippen LogP contribution in [-0.2, 0) is 4.79 Å². The van der Waals surface area contributed by atoms with Crippen LogP contribution in [0.2, 0.25) is 0 Å². The second-order valence-electron chi connectivity index (χ2n) is 4.51. The zero-order chi connectivity index (χ0) is 12.1. The zero-order valence-electron chi connectivity index (χ0n) is 10.0. The third-order valence-electron chi connectivity index (χ3n) is 3.29. The standard InChI is InChI=1S/C16H16O/c1-2-16(17)15-10-6-9-14(15)12-11-13-7-4-3-5-8-13/h1,7H,3-6,8-10H2. The van der Waals surface area contributed by atoms with E-state index in [0.717, 1.165) is 43.3 Å². The molecule has 0 saturated carbocycles. The fourth-order valence-corrected chi connectivity index (χ4v) is 2.33. The lowest BCUT2D eigenvalue weighted by atomic mass is 9.99. The molecule has 2 aliphatic rings. The summed E-state index contributed by atoms with van der Waals surface area (Å²) in [5.74, 6) is 8.39. The average molecular weight is 224 g/mol. The van der Waals surface area contributed by atoms with Crippen molar-refractivity contribution in [3.8, 4) is 24.2 Å². The Kier molecular flexibility index (Phi) is 3.84. The van der Waals surface area contributed by atoms with E-state index in [0.29, 0.717) is 0 Å². The molecular weight excluding hydrogens is 208 g/mol. The molecule has 2 rings (SSSR count). The predicted octanol–water partition coefficient (Wildman–Crippen LogP) is 3.17. The van der Waals surface area contributed by atoms with Gasteiger partial charge in [-0.25, -0.2) is 0 Å². The van der Waals surface area contributed by atoms with Crippen LogP contribution in [0.1, 0.15) is 44.9 Å². The lowest BCUT2D eigenvalue weighted by Gasteiger charge is -2.05. The summed E-state index contributed by atoms with van der Waals surface area (Å²) in [5, 5.41) is 0. The molecule has 1 nitrogen and oxygen atoms in total. The summed E-state index contributed by atoms with van der Waals surface area (Å²) in [6.07, 6.45) is 14.8. The quantitative estimate of drug-likeness (QED) is 0.494. The maximum Gasteiger partial charge on any atom is 0.232 e. The minimum Gasteiger partial charge on any atom is -0.280 e. The maximum absolute atomic E-state index is 11.5. The Hall–Kier alpha value is -1.73. The molecule has 0 fully saturated rings. The first kappa shape index (κ1) is 11.7. The van der Waals surface area contributed by atoms with Gasteiger partial charge in [-0.1, -0.05) is 17.9 Å². The Morgan fingerprint density at radius 1 is 1.12 bits per heavy atom. The Morgan fingerprint density at radius 2 is 2.00 bits per heavy atom. The van der Waals surface area contributed by atoms with Crippen LogP contribution in [0.15, 0.2) is 22.8 Å². The van der Waals surface area contributed by atoms with E-state index in [4.69, 9.17) is 6.42 Å². The van der Waals surface area contributed by atoms with Crippen molar-refractivity contribution in [3.63, 3.8) is 0 Å². The van der Waals surface area contributed by atoms with Gasteiger partial charge in [0.2, 0.25) is 5.78 Å². The third-order valence-corrected chi connectivity index (χ3v) is 3.29. The summed E-state index contributed by atoms with van der Waals surface area (Å²) < 4.78 is 0. The lowest BCUT2D eigenvalue weighted by Crippen LogP contribution is -1.97. The number of Topliss-reactive ketones (excluding diaryl/α,β-unsaturated/α-hetero) is 1. The topological polar surface area (TPSA) is 17.1 Å². The van der Waals surface area contributed by atoms with Gasteiger partial charge in [-0.2, -0.15) is 0 Å². The highest BCUT2D eigenvalue weighted by Crippen LogP contribution is 2.26. The largest absolute Gasteiger partial charge is 0.280 e. The lowest BCUT2D eigenvalue weighted by molar-refractivity contribution is -0.110. The summed E-state index contributed by atoms with van der Waals surface area (Å²) in [6.45, 7) is 0. The number of hydrogen-bond acceptors (Lipinski definition) is 1. The molecule has 1 heteroatoms. The molecule has 0 aliphatic heterocycles. The molecular formula is C16H16O. The molecule has 86 valence electrons. The van der Waals surface area contributed by atoms with Gasteiger partial charge in [0.1, 0.15) is 0 Å². The van der Waals surface area contributed by atoms with Gasteiger partial charge in [-0.05, 0) is 56.4 Å². The number of rotatable bonds is 1. The van der Waals surface area contributed by atoms with Gasteiger partial charge < -0.3 is 0 Å². The second-order valence-corrected chi connectivity index (χ2v) is 4.51. The maximum atomic E-state index is 11.5. The van der Waals surface area contributed by atoms with Crippen molar-refractivity contribution in [1.29, 1.82) is 0 Å². The van der Waals surface area contributed by atoms with Crippen LogP contribution in [0.4, 0.5) is 0 Å². The van der Waals surface area contributed by atoms with Gasteiger partial charge in [-0.3, -0.25) is 4.79 Å². The minimum absolute atomic E-state index is 0.176. The number of carbonyl (C=O) groups is 1. The number of ketones is 1. The second kappa shape index (κ2) is 5.55. The fraction of sp³-hybridized carbons (Fsp3) is 0.438. The predicted molar refractivity (Wildman–Crippen MR) is 69.0 cm³/mol. The van der Waals surface area contributed by atoms with Crippen molar-refractivity contribution in [2.75, 3.05) is 0 Å². The molecule has 0 bridgehead atoms. The number of allylic oxidation sites excluding steroid dienone is 4. The number of terminal acetylenes is 1. The summed E-state index contributed by atoms with van der Waals surface area (Å²) in [6, 6.07) is 0. The Balaban J connectivity index is 2.17. The molecule has 0 unspecified atom stereocenters. The number of hydrogen-bond donors (Lipinski definition) is 0. The average Bonchev–Trinajstić information content (AvgIpc) is 2.85. The van der Waals surface area contributed by atoms with Crippen molar-refractivity contribution in [2.24, 2.45) is 0 Å². The van der Waals surface area contributed by atoms with Crippen LogP contribution in [0.25, 0.3) is 0 Å². The Labute approximate surface area is 103 Å². The first-order chi connectivity index (χ1) is 8.31. The minimum atomic E-state index is -0.176. The van der Waals surface area contributed by atoms with Crippen LogP contribution in [-0.4, -0.2) is 5.78 Å². The van der Waals surface area contributed by atoms with Crippen molar-refractivity contribution in [3.05, 3.63) is 22.8 Å². The van der Waals surface area contributed by atoms with Crippen LogP contribution < -0.4 is 0 Å². The smallest absolute Gasteiger partial charge is 0.232 e. The fourth-order valence-electron chi connectivity index (χ4n) is 2.33. The van der Waals surface area contributed by atoms with E-state index in [-0.39, 0.29) is 5.78 Å². The van der Waals surface area contributed by atoms with E-state index in [1.165, 1.54) is 18.4 Å². The van der Waals surface area contributed by atoms with Crippen molar-refractivity contribution in [1.82, 2.24) is 0 Å². The van der Waals surface area contributed by atoms with Gasteiger partial charge in [0, 0.05) is 11.1 Å². The SMILES string of the molecule is C#CC(=O)C1=C(C#CC2=CCCCC2)CCC1. The van der Waals surface area contributed by atoms with E-state index in [2.05, 4.69) is 23.8 Å². The van der Waals surface area contributed by atoms with Gasteiger partial charge in [0.15, 0.2) is 0 Å². The first-order valence-corrected chi connectivity index (χ1v) is 6.25. The molecule has 0 N–H and O–H groups in total. The van der Waals surface area contributed by atoms with Crippen molar-refractivity contribution < 1.29 is 4.79 Å². The summed E-state index contributed by atoms with van der Waals surface area (Å²) in [7, 11) is 0. The molecule has 0 radical (unpaired) electrons. The molecule has 0 heterocycles. The summed E-state index contributed by atoms with van der Waals surface area (Å²) in [4.78, 5) is 11.5. The molecule has 17 heavy (non-hydrogen) atoms. The van der Waals surface area contributed by atoms with E-state index in [9.17, 15) is 4.79 Å². The van der Waals surface area contributed by atoms with Crippen molar-refractivity contribution in [2.45, 2.75) is 44.9 Å². The van der Waals surface area contributed by atoms with Crippen LogP contribution in [0.5, 0.6) is 0 Å². The van der Waals surface area contributed by atoms with Crippen LogP contribution in [0.3, 0.4) is 0 Å². The number of carbonyl (C=O) groups excluding carboxylic acids is 1. The summed E-state index contributed by atoms with van der Waals surface area (Å²) >= 11 is 0. The molecule has 0 spiro atoms. The summed E-state index contributed by atoms with van der Waals surface area (Å²) in [5.41, 5.74) is 2.97. The molecule has 0 aromatic rings. The monoisotopic (exact) mass is 224 g/mol. The van der Waals surface area contributed by atoms with Gasteiger partial charge in [-0.15, -0.1) is 6.42 Å². The molecule has 0 atom stereocenters. The Bertz CT molecular complexity index is 486. The van der Waals surface area contributed by atoms with E-state index >= 15 is 0 Å². The van der Waals surface area contributed by atoms with E-state index in [1.807, 2.05) is 0 Å².